The number of benzene rings is 1. The maximum atomic E-state index is 11.4. The normalized spacial score (nSPS) is 16.5. The van der Waals surface area contributed by atoms with Crippen LogP contribution in [0.1, 0.15) is 37.7 Å². The molecule has 1 saturated heterocycles. The van der Waals surface area contributed by atoms with E-state index < -0.39 is 6.09 Å². The van der Waals surface area contributed by atoms with E-state index in [0.29, 0.717) is 23.9 Å². The Kier molecular flexibility index (Phi) is 6.25. The highest BCUT2D eigenvalue weighted by Crippen LogP contribution is 2.29. The molecule has 10 heteroatoms. The molecule has 10 nitrogen and oxygen atoms in total. The number of fused-ring (bicyclic) bond motifs is 1. The molecule has 3 aromatic rings. The van der Waals surface area contributed by atoms with Crippen molar-refractivity contribution in [1.82, 2.24) is 20.3 Å². The highest BCUT2D eigenvalue weighted by Gasteiger charge is 2.24. The summed E-state index contributed by atoms with van der Waals surface area (Å²) < 4.78 is 0. The van der Waals surface area contributed by atoms with Crippen LogP contribution in [0.25, 0.3) is 10.9 Å². The van der Waals surface area contributed by atoms with Gasteiger partial charge in [0, 0.05) is 37.1 Å². The molecule has 0 saturated carbocycles. The van der Waals surface area contributed by atoms with Gasteiger partial charge in [0.25, 0.3) is 0 Å². The number of pyridine rings is 1. The Hall–Kier alpha value is -3.95. The third kappa shape index (κ3) is 5.28. The van der Waals surface area contributed by atoms with E-state index in [-0.39, 0.29) is 18.0 Å². The number of aryl methyl sites for hydroxylation is 1. The van der Waals surface area contributed by atoms with Crippen molar-refractivity contribution in [2.75, 3.05) is 28.6 Å². The Labute approximate surface area is 191 Å². The minimum Gasteiger partial charge on any atom is -0.465 e. The van der Waals surface area contributed by atoms with E-state index >= 15 is 0 Å². The zero-order chi connectivity index (χ0) is 23.5. The minimum absolute atomic E-state index is 0.0275. The second kappa shape index (κ2) is 9.27. The van der Waals surface area contributed by atoms with Crippen LogP contribution in [0, 0.1) is 6.92 Å². The standard InChI is InChI=1S/C23H27N7O3/c1-13(16-5-4-6-17(9-16)29-23(32)33)25-22-19-10-21(24-11-20(19)26-14(2)27-22)30-8-7-18(12-30)28-15(3)31/h4-6,9-11,13,18,29H,7-8,12H2,1-3H3,(H,28,31)(H,32,33)(H,25,26,27)/t13-,18+/m0/s1. The lowest BCUT2D eigenvalue weighted by molar-refractivity contribution is -0.119. The van der Waals surface area contributed by atoms with Gasteiger partial charge in [0.2, 0.25) is 5.91 Å². The van der Waals surface area contributed by atoms with Gasteiger partial charge in [-0.2, -0.15) is 0 Å². The molecular weight excluding hydrogens is 422 g/mol. The number of anilines is 3. The molecule has 2 atom stereocenters. The first-order chi connectivity index (χ1) is 15.8. The van der Waals surface area contributed by atoms with Crippen molar-refractivity contribution >= 4 is 40.2 Å². The Balaban J connectivity index is 1.60. The third-order valence-corrected chi connectivity index (χ3v) is 5.59. The monoisotopic (exact) mass is 449 g/mol. The zero-order valence-corrected chi connectivity index (χ0v) is 18.8. The Bertz CT molecular complexity index is 1200. The summed E-state index contributed by atoms with van der Waals surface area (Å²) in [6, 6.07) is 9.19. The Morgan fingerprint density at radius 2 is 2.06 bits per heavy atom. The molecule has 0 radical (unpaired) electrons. The van der Waals surface area contributed by atoms with Crippen molar-refractivity contribution in [3.63, 3.8) is 0 Å². The SMILES string of the molecule is CC(=O)N[C@@H]1CCN(c2cc3c(N[C@@H](C)c4cccc(NC(=O)O)c4)nc(C)nc3cn2)C1. The number of carbonyl (C=O) groups excluding carboxylic acids is 1. The van der Waals surface area contributed by atoms with Gasteiger partial charge in [-0.3, -0.25) is 10.1 Å². The summed E-state index contributed by atoms with van der Waals surface area (Å²) in [5.41, 5.74) is 2.16. The van der Waals surface area contributed by atoms with Crippen LogP contribution in [0.5, 0.6) is 0 Å². The van der Waals surface area contributed by atoms with Crippen molar-refractivity contribution in [3.05, 3.63) is 47.9 Å². The van der Waals surface area contributed by atoms with Gasteiger partial charge in [0.05, 0.1) is 17.8 Å². The number of hydrogen-bond donors (Lipinski definition) is 4. The molecule has 1 aliphatic heterocycles. The lowest BCUT2D eigenvalue weighted by Crippen LogP contribution is -2.35. The molecule has 2 amide bonds. The van der Waals surface area contributed by atoms with Gasteiger partial charge in [0.1, 0.15) is 17.5 Å². The number of nitrogens with one attached hydrogen (secondary N) is 3. The van der Waals surface area contributed by atoms with Gasteiger partial charge >= 0.3 is 6.09 Å². The number of carboxylic acid groups (broad SMARTS) is 1. The van der Waals surface area contributed by atoms with Crippen LogP contribution in [0.15, 0.2) is 36.5 Å². The molecule has 0 unspecified atom stereocenters. The molecule has 0 aliphatic carbocycles. The summed E-state index contributed by atoms with van der Waals surface area (Å²) in [5, 5.41) is 18.6. The Morgan fingerprint density at radius 3 is 2.82 bits per heavy atom. The van der Waals surface area contributed by atoms with Crippen LogP contribution in [-0.2, 0) is 4.79 Å². The average Bonchev–Trinajstić information content (AvgIpc) is 3.21. The van der Waals surface area contributed by atoms with Crippen molar-refractivity contribution < 1.29 is 14.7 Å². The van der Waals surface area contributed by atoms with Gasteiger partial charge in [-0.05, 0) is 44.0 Å². The second-order valence-corrected chi connectivity index (χ2v) is 8.23. The molecule has 33 heavy (non-hydrogen) atoms. The molecule has 2 aromatic heterocycles. The summed E-state index contributed by atoms with van der Waals surface area (Å²) in [6.45, 7) is 6.86. The number of hydrogen-bond acceptors (Lipinski definition) is 7. The van der Waals surface area contributed by atoms with Crippen molar-refractivity contribution in [2.45, 2.75) is 39.3 Å². The van der Waals surface area contributed by atoms with Gasteiger partial charge in [-0.25, -0.2) is 19.7 Å². The quantitative estimate of drug-likeness (QED) is 0.451. The van der Waals surface area contributed by atoms with Crippen molar-refractivity contribution in [1.29, 1.82) is 0 Å². The molecule has 0 spiro atoms. The van der Waals surface area contributed by atoms with Crippen LogP contribution < -0.4 is 20.9 Å². The minimum atomic E-state index is -1.10. The first-order valence-corrected chi connectivity index (χ1v) is 10.8. The molecule has 4 N–H and O–H groups in total. The molecule has 172 valence electrons. The van der Waals surface area contributed by atoms with Gasteiger partial charge in [-0.15, -0.1) is 0 Å². The summed E-state index contributed by atoms with van der Waals surface area (Å²) in [4.78, 5) is 38.2. The van der Waals surface area contributed by atoms with Gasteiger partial charge < -0.3 is 20.6 Å². The summed E-state index contributed by atoms with van der Waals surface area (Å²) in [7, 11) is 0. The van der Waals surface area contributed by atoms with E-state index in [1.165, 1.54) is 6.92 Å². The van der Waals surface area contributed by atoms with Crippen molar-refractivity contribution in [2.24, 2.45) is 0 Å². The first-order valence-electron chi connectivity index (χ1n) is 10.8. The van der Waals surface area contributed by atoms with E-state index in [2.05, 4.69) is 35.8 Å². The van der Waals surface area contributed by atoms with Crippen LogP contribution in [0.3, 0.4) is 0 Å². The molecule has 1 aliphatic rings. The number of aromatic nitrogens is 3. The number of rotatable bonds is 6. The van der Waals surface area contributed by atoms with Gasteiger partial charge in [0.15, 0.2) is 0 Å². The number of nitrogens with zero attached hydrogens (tertiary/aromatic N) is 4. The summed E-state index contributed by atoms with van der Waals surface area (Å²) >= 11 is 0. The fraction of sp³-hybridized carbons (Fsp3) is 0.348. The van der Waals surface area contributed by atoms with E-state index in [1.807, 2.05) is 32.0 Å². The largest absolute Gasteiger partial charge is 0.465 e. The second-order valence-electron chi connectivity index (χ2n) is 8.23. The van der Waals surface area contributed by atoms with Crippen LogP contribution >= 0.6 is 0 Å². The van der Waals surface area contributed by atoms with E-state index in [1.54, 1.807) is 18.3 Å². The lowest BCUT2D eigenvalue weighted by atomic mass is 10.1. The lowest BCUT2D eigenvalue weighted by Gasteiger charge is -2.20. The highest BCUT2D eigenvalue weighted by atomic mass is 16.4. The highest BCUT2D eigenvalue weighted by molar-refractivity contribution is 5.90. The molecule has 3 heterocycles. The maximum absolute atomic E-state index is 11.4. The number of carbonyl (C=O) groups is 2. The average molecular weight is 450 g/mol. The molecule has 1 fully saturated rings. The Morgan fingerprint density at radius 1 is 1.24 bits per heavy atom. The predicted molar refractivity (Wildman–Crippen MR) is 127 cm³/mol. The maximum Gasteiger partial charge on any atom is 0.409 e. The van der Waals surface area contributed by atoms with E-state index in [0.717, 1.165) is 35.2 Å². The molecule has 0 bridgehead atoms. The molecule has 4 rings (SSSR count). The summed E-state index contributed by atoms with van der Waals surface area (Å²) in [6.07, 6.45) is 1.51. The molecule has 1 aromatic carbocycles. The van der Waals surface area contributed by atoms with Crippen LogP contribution in [-0.4, -0.2) is 51.2 Å². The van der Waals surface area contributed by atoms with Crippen molar-refractivity contribution in [3.8, 4) is 0 Å². The zero-order valence-electron chi connectivity index (χ0n) is 18.8. The predicted octanol–water partition coefficient (Wildman–Crippen LogP) is 3.31. The molecular formula is C23H27N7O3. The number of amides is 2. The fourth-order valence-corrected chi connectivity index (χ4v) is 4.09. The first kappa shape index (κ1) is 22.3. The topological polar surface area (TPSA) is 132 Å². The van der Waals surface area contributed by atoms with Crippen LogP contribution in [0.4, 0.5) is 22.1 Å². The fourth-order valence-electron chi connectivity index (χ4n) is 4.09. The van der Waals surface area contributed by atoms with E-state index in [4.69, 9.17) is 5.11 Å². The third-order valence-electron chi connectivity index (χ3n) is 5.59. The van der Waals surface area contributed by atoms with Gasteiger partial charge in [-0.1, -0.05) is 12.1 Å². The van der Waals surface area contributed by atoms with E-state index in [9.17, 15) is 9.59 Å². The van der Waals surface area contributed by atoms with Crippen LogP contribution in [0.2, 0.25) is 0 Å². The summed E-state index contributed by atoms with van der Waals surface area (Å²) in [5.74, 6) is 2.09. The smallest absolute Gasteiger partial charge is 0.409 e.